The van der Waals surface area contributed by atoms with Crippen LogP contribution in [0.15, 0.2) is 11.2 Å². The Labute approximate surface area is 99.6 Å². The van der Waals surface area contributed by atoms with E-state index in [1.54, 1.807) is 0 Å². The maximum absolute atomic E-state index is 11.5. The van der Waals surface area contributed by atoms with Gasteiger partial charge in [-0.15, -0.1) is 11.3 Å². The lowest BCUT2D eigenvalue weighted by Crippen LogP contribution is -2.25. The summed E-state index contributed by atoms with van der Waals surface area (Å²) >= 11 is 12.6. The molecule has 0 aliphatic rings. The van der Waals surface area contributed by atoms with E-state index in [0.29, 0.717) is 14.2 Å². The summed E-state index contributed by atoms with van der Waals surface area (Å²) in [6.07, 6.45) is 0. The molecule has 0 saturated carbocycles. The van der Waals surface area contributed by atoms with E-state index in [2.05, 4.69) is 15.3 Å². The number of thiophene rings is 1. The summed E-state index contributed by atoms with van der Waals surface area (Å²) in [6, 6.07) is 1.50. The zero-order chi connectivity index (χ0) is 11.3. The molecule has 0 aromatic carbocycles. The average Bonchev–Trinajstić information content (AvgIpc) is 2.52. The number of nitrogens with zero attached hydrogens (tertiary/aromatic N) is 3. The van der Waals surface area contributed by atoms with E-state index in [1.165, 1.54) is 6.07 Å². The van der Waals surface area contributed by atoms with Gasteiger partial charge >= 0.3 is 0 Å². The van der Waals surface area contributed by atoms with Gasteiger partial charge in [0.2, 0.25) is 0 Å². The predicted octanol–water partition coefficient (Wildman–Crippen LogP) is 3.10. The Kier molecular flexibility index (Phi) is 4.71. The van der Waals surface area contributed by atoms with Crippen LogP contribution >= 0.6 is 34.5 Å². The van der Waals surface area contributed by atoms with Gasteiger partial charge in [0.15, 0.2) is 0 Å². The fraction of sp³-hybridized carbons (Fsp3) is 0.286. The summed E-state index contributed by atoms with van der Waals surface area (Å²) < 4.78 is 0.807. The van der Waals surface area contributed by atoms with Crippen LogP contribution in [0.1, 0.15) is 10.4 Å². The normalized spacial score (nSPS) is 9.47. The molecule has 0 spiro atoms. The van der Waals surface area contributed by atoms with E-state index in [0.717, 1.165) is 11.3 Å². The minimum absolute atomic E-state index is 0.206. The summed E-state index contributed by atoms with van der Waals surface area (Å²) in [7, 11) is 0. The predicted molar refractivity (Wildman–Crippen MR) is 60.7 cm³/mol. The number of nitrogens with one attached hydrogen (secondary N) is 1. The molecule has 15 heavy (non-hydrogen) atoms. The largest absolute Gasteiger partial charge is 0.352 e. The topological polar surface area (TPSA) is 77.9 Å². The third-order valence-corrected chi connectivity index (χ3v) is 2.95. The Balaban J connectivity index is 2.53. The Morgan fingerprint density at radius 1 is 1.67 bits per heavy atom. The Bertz CT molecular complexity index is 413. The maximum atomic E-state index is 11.5. The highest BCUT2D eigenvalue weighted by Crippen LogP contribution is 2.30. The van der Waals surface area contributed by atoms with Crippen LogP contribution in [0.25, 0.3) is 10.4 Å². The average molecular weight is 265 g/mol. The molecule has 0 saturated heterocycles. The number of carbonyl (C=O) groups is 1. The summed E-state index contributed by atoms with van der Waals surface area (Å²) in [5.41, 5.74) is 8.35. The maximum Gasteiger partial charge on any atom is 0.253 e. The van der Waals surface area contributed by atoms with Crippen LogP contribution in [-0.2, 0) is 0 Å². The van der Waals surface area contributed by atoms with Crippen molar-refractivity contribution in [1.29, 1.82) is 0 Å². The quantitative estimate of drug-likeness (QED) is 0.386. The van der Waals surface area contributed by atoms with Crippen LogP contribution in [0.2, 0.25) is 8.67 Å². The molecular formula is C7H6Cl2N4OS. The van der Waals surface area contributed by atoms with E-state index >= 15 is 0 Å². The second kappa shape index (κ2) is 5.82. The number of rotatable bonds is 4. The zero-order valence-electron chi connectivity index (χ0n) is 7.41. The molecule has 8 heteroatoms. The number of halogens is 2. The van der Waals surface area contributed by atoms with Gasteiger partial charge in [-0.1, -0.05) is 28.3 Å². The van der Waals surface area contributed by atoms with E-state index in [9.17, 15) is 4.79 Å². The van der Waals surface area contributed by atoms with E-state index in [1.807, 2.05) is 0 Å². The van der Waals surface area contributed by atoms with Gasteiger partial charge in [0.25, 0.3) is 5.91 Å². The van der Waals surface area contributed by atoms with Crippen molar-refractivity contribution in [2.24, 2.45) is 5.11 Å². The molecule has 1 heterocycles. The highest BCUT2D eigenvalue weighted by molar-refractivity contribution is 7.20. The third-order valence-electron chi connectivity index (χ3n) is 1.46. The molecule has 1 aromatic rings. The number of azide groups is 1. The molecule has 0 atom stereocenters. The number of amides is 1. The lowest BCUT2D eigenvalue weighted by atomic mass is 10.3. The Morgan fingerprint density at radius 2 is 2.40 bits per heavy atom. The molecular weight excluding hydrogens is 259 g/mol. The molecule has 5 nitrogen and oxygen atoms in total. The van der Waals surface area contributed by atoms with Crippen LogP contribution in [0.5, 0.6) is 0 Å². The monoisotopic (exact) mass is 264 g/mol. The van der Waals surface area contributed by atoms with Crippen molar-refractivity contribution < 1.29 is 4.79 Å². The van der Waals surface area contributed by atoms with Crippen LogP contribution in [0, 0.1) is 0 Å². The molecule has 0 unspecified atom stereocenters. The molecule has 1 rings (SSSR count). The van der Waals surface area contributed by atoms with Crippen molar-refractivity contribution in [3.8, 4) is 0 Å². The van der Waals surface area contributed by atoms with Gasteiger partial charge < -0.3 is 5.32 Å². The van der Waals surface area contributed by atoms with Gasteiger partial charge in [-0.25, -0.2) is 0 Å². The van der Waals surface area contributed by atoms with Crippen molar-refractivity contribution >= 4 is 40.4 Å². The first-order valence-electron chi connectivity index (χ1n) is 3.89. The first kappa shape index (κ1) is 12.1. The molecule has 80 valence electrons. The Morgan fingerprint density at radius 3 is 2.93 bits per heavy atom. The summed E-state index contributed by atoms with van der Waals surface area (Å²) in [5.74, 6) is -0.323. The van der Waals surface area contributed by atoms with Crippen LogP contribution in [-0.4, -0.2) is 19.0 Å². The molecule has 1 N–H and O–H groups in total. The lowest BCUT2D eigenvalue weighted by Gasteiger charge is -2.00. The van der Waals surface area contributed by atoms with Gasteiger partial charge in [-0.3, -0.25) is 4.79 Å². The molecule has 0 radical (unpaired) electrons. The third kappa shape index (κ3) is 3.60. The summed E-state index contributed by atoms with van der Waals surface area (Å²) in [5, 5.41) is 5.82. The van der Waals surface area contributed by atoms with Crippen molar-refractivity contribution in [1.82, 2.24) is 5.32 Å². The molecule has 1 aromatic heterocycles. The smallest absolute Gasteiger partial charge is 0.253 e. The molecule has 0 aliphatic heterocycles. The first-order chi connectivity index (χ1) is 7.15. The Hall–Kier alpha value is -0.940. The summed E-state index contributed by atoms with van der Waals surface area (Å²) in [4.78, 5) is 14.0. The van der Waals surface area contributed by atoms with Gasteiger partial charge in [0.1, 0.15) is 4.34 Å². The van der Waals surface area contributed by atoms with Gasteiger partial charge in [0, 0.05) is 18.0 Å². The molecule has 0 bridgehead atoms. The standard InChI is InChI=1S/C7H6Cl2N4OS/c8-5-3-4(6(9)15-5)7(14)11-1-2-12-13-10/h3H,1-2H2,(H,11,14). The van der Waals surface area contributed by atoms with Crippen molar-refractivity contribution in [2.45, 2.75) is 0 Å². The van der Waals surface area contributed by atoms with Crippen molar-refractivity contribution in [2.75, 3.05) is 13.1 Å². The second-order valence-electron chi connectivity index (χ2n) is 2.45. The van der Waals surface area contributed by atoms with Gasteiger partial charge in [-0.05, 0) is 11.6 Å². The lowest BCUT2D eigenvalue weighted by molar-refractivity contribution is 0.0955. The molecule has 0 fully saturated rings. The number of carbonyl (C=O) groups excluding carboxylic acids is 1. The molecule has 0 aliphatic carbocycles. The SMILES string of the molecule is [N-]=[N+]=NCCNC(=O)c1cc(Cl)sc1Cl. The van der Waals surface area contributed by atoms with Crippen LogP contribution < -0.4 is 5.32 Å². The number of hydrogen-bond acceptors (Lipinski definition) is 3. The fourth-order valence-corrected chi connectivity index (χ4v) is 2.31. The first-order valence-corrected chi connectivity index (χ1v) is 5.46. The minimum Gasteiger partial charge on any atom is -0.352 e. The van der Waals surface area contributed by atoms with Crippen LogP contribution in [0.3, 0.4) is 0 Å². The van der Waals surface area contributed by atoms with Gasteiger partial charge in [-0.2, -0.15) is 0 Å². The van der Waals surface area contributed by atoms with Crippen LogP contribution in [0.4, 0.5) is 0 Å². The highest BCUT2D eigenvalue weighted by atomic mass is 35.5. The number of hydrogen-bond donors (Lipinski definition) is 1. The van der Waals surface area contributed by atoms with E-state index < -0.39 is 0 Å². The minimum atomic E-state index is -0.323. The molecule has 1 amide bonds. The van der Waals surface area contributed by atoms with Crippen molar-refractivity contribution in [3.63, 3.8) is 0 Å². The van der Waals surface area contributed by atoms with E-state index in [-0.39, 0.29) is 19.0 Å². The summed E-state index contributed by atoms with van der Waals surface area (Å²) in [6.45, 7) is 0.477. The van der Waals surface area contributed by atoms with Crippen molar-refractivity contribution in [3.05, 3.63) is 30.7 Å². The second-order valence-corrected chi connectivity index (χ2v) is 4.73. The zero-order valence-corrected chi connectivity index (χ0v) is 9.73. The highest BCUT2D eigenvalue weighted by Gasteiger charge is 2.13. The van der Waals surface area contributed by atoms with E-state index in [4.69, 9.17) is 28.7 Å². The fourth-order valence-electron chi connectivity index (χ4n) is 0.854. The van der Waals surface area contributed by atoms with Gasteiger partial charge in [0.05, 0.1) is 9.90 Å².